The first-order chi connectivity index (χ1) is 12.0. The van der Waals surface area contributed by atoms with Crippen molar-refractivity contribution in [3.05, 3.63) is 0 Å². The summed E-state index contributed by atoms with van der Waals surface area (Å²) in [7, 11) is -2.81. The fourth-order valence-electron chi connectivity index (χ4n) is 2.48. The maximum absolute atomic E-state index is 11.5. The Morgan fingerprint density at radius 2 is 1.36 bits per heavy atom. The van der Waals surface area contributed by atoms with E-state index in [1.165, 1.54) is 57.8 Å². The number of esters is 1. The lowest BCUT2D eigenvalue weighted by molar-refractivity contribution is -0.144. The van der Waals surface area contributed by atoms with Crippen LogP contribution in [0.4, 0.5) is 0 Å². The second-order valence-electron chi connectivity index (χ2n) is 6.34. The number of phosphoric acid groups is 1. The number of hydrogen-bond donors (Lipinski definition) is 1. The zero-order valence-electron chi connectivity index (χ0n) is 16.0. The fraction of sp³-hybridized carbons (Fsp3) is 0.944. The highest BCUT2D eigenvalue weighted by Crippen LogP contribution is 2.41. The van der Waals surface area contributed by atoms with Gasteiger partial charge in [-0.25, -0.2) is 4.57 Å². The molecule has 0 saturated heterocycles. The van der Waals surface area contributed by atoms with E-state index in [4.69, 9.17) is 9.63 Å². The Kier molecular flexibility index (Phi) is 16.7. The van der Waals surface area contributed by atoms with E-state index in [1.807, 2.05) is 0 Å². The van der Waals surface area contributed by atoms with Crippen molar-refractivity contribution in [2.45, 2.75) is 90.4 Å². The van der Waals surface area contributed by atoms with Crippen molar-refractivity contribution in [3.63, 3.8) is 0 Å². The van der Waals surface area contributed by atoms with Gasteiger partial charge in [0.15, 0.2) is 0 Å². The van der Waals surface area contributed by atoms with Crippen LogP contribution in [0.1, 0.15) is 90.4 Å². The van der Waals surface area contributed by atoms with Gasteiger partial charge in [0, 0.05) is 20.0 Å². The van der Waals surface area contributed by atoms with Gasteiger partial charge >= 0.3 is 13.8 Å². The molecule has 150 valence electrons. The largest absolute Gasteiger partial charge is 0.471 e. The summed E-state index contributed by atoms with van der Waals surface area (Å²) >= 11 is 0. The molecule has 0 aromatic carbocycles. The number of phosphoric ester groups is 1. The van der Waals surface area contributed by atoms with Crippen molar-refractivity contribution in [1.29, 1.82) is 0 Å². The van der Waals surface area contributed by atoms with Crippen molar-refractivity contribution in [2.75, 3.05) is 20.3 Å². The maximum atomic E-state index is 11.5. The number of ether oxygens (including phenoxy) is 1. The van der Waals surface area contributed by atoms with Crippen LogP contribution in [0.5, 0.6) is 0 Å². The summed E-state index contributed by atoms with van der Waals surface area (Å²) in [4.78, 5) is 20.5. The second kappa shape index (κ2) is 17.0. The quantitative estimate of drug-likeness (QED) is 0.195. The Morgan fingerprint density at radius 1 is 0.840 bits per heavy atom. The highest BCUT2D eigenvalue weighted by Gasteiger charge is 2.17. The van der Waals surface area contributed by atoms with Crippen LogP contribution in [0, 0.1) is 0 Å². The topological polar surface area (TPSA) is 82.1 Å². The van der Waals surface area contributed by atoms with Gasteiger partial charge in [-0.15, -0.1) is 0 Å². The molecule has 0 saturated carbocycles. The summed E-state index contributed by atoms with van der Waals surface area (Å²) in [5.74, 6) is -0.213. The van der Waals surface area contributed by atoms with Crippen LogP contribution < -0.4 is 0 Å². The first kappa shape index (κ1) is 24.6. The zero-order valence-corrected chi connectivity index (χ0v) is 16.9. The zero-order chi connectivity index (χ0) is 18.8. The van der Waals surface area contributed by atoms with E-state index < -0.39 is 7.82 Å². The molecule has 0 aliphatic carbocycles. The number of hydrogen-bond acceptors (Lipinski definition) is 5. The lowest BCUT2D eigenvalue weighted by atomic mass is 10.1. The third-order valence-corrected chi connectivity index (χ3v) is 4.99. The summed E-state index contributed by atoms with van der Waals surface area (Å²) in [6.07, 6.45) is 14.6. The smallest absolute Gasteiger partial charge is 0.466 e. The lowest BCUT2D eigenvalue weighted by Crippen LogP contribution is -2.07. The molecule has 1 unspecified atom stereocenters. The molecular formula is C18H37O6P. The Labute approximate surface area is 153 Å². The third-order valence-electron chi connectivity index (χ3n) is 4.02. The molecule has 6 nitrogen and oxygen atoms in total. The number of carbonyl (C=O) groups excluding carboxylic acids is 1. The van der Waals surface area contributed by atoms with Crippen LogP contribution in [0.15, 0.2) is 0 Å². The summed E-state index contributed by atoms with van der Waals surface area (Å²) in [5, 5.41) is 0. The van der Waals surface area contributed by atoms with Gasteiger partial charge < -0.3 is 9.63 Å². The fourth-order valence-corrected chi connectivity index (χ4v) is 2.95. The molecule has 0 spiro atoms. The molecule has 0 bridgehead atoms. The molecule has 0 aromatic rings. The second-order valence-corrected chi connectivity index (χ2v) is 7.90. The van der Waals surface area contributed by atoms with Gasteiger partial charge in [0.05, 0.1) is 13.2 Å². The Bertz CT molecular complexity index is 361. The van der Waals surface area contributed by atoms with Crippen molar-refractivity contribution in [3.8, 4) is 0 Å². The van der Waals surface area contributed by atoms with Gasteiger partial charge in [-0.2, -0.15) is 0 Å². The average Bonchev–Trinajstić information content (AvgIpc) is 2.59. The normalized spacial score (nSPS) is 13.6. The lowest BCUT2D eigenvalue weighted by Gasteiger charge is -2.09. The molecule has 1 atom stereocenters. The van der Waals surface area contributed by atoms with Crippen LogP contribution in [0.2, 0.25) is 0 Å². The van der Waals surface area contributed by atoms with E-state index in [0.29, 0.717) is 12.8 Å². The Hall–Kier alpha value is -0.420. The van der Waals surface area contributed by atoms with Crippen molar-refractivity contribution in [1.82, 2.24) is 0 Å². The van der Waals surface area contributed by atoms with Crippen LogP contribution >= 0.6 is 7.82 Å². The summed E-state index contributed by atoms with van der Waals surface area (Å²) in [5.41, 5.74) is 0. The average molecular weight is 380 g/mol. The molecule has 0 aliphatic rings. The Balaban J connectivity index is 3.27. The minimum atomic E-state index is -3.92. The first-order valence-electron chi connectivity index (χ1n) is 9.70. The number of carbonyl (C=O) groups is 1. The maximum Gasteiger partial charge on any atom is 0.471 e. The molecule has 0 fully saturated rings. The minimum absolute atomic E-state index is 0.0212. The predicted molar refractivity (Wildman–Crippen MR) is 99.4 cm³/mol. The first-order valence-corrected chi connectivity index (χ1v) is 11.2. The molecular weight excluding hydrogens is 343 g/mol. The van der Waals surface area contributed by atoms with Crippen molar-refractivity contribution >= 4 is 13.8 Å². The van der Waals surface area contributed by atoms with E-state index in [2.05, 4.69) is 16.0 Å². The molecule has 0 aromatic heterocycles. The molecule has 0 amide bonds. The monoisotopic (exact) mass is 380 g/mol. The minimum Gasteiger partial charge on any atom is -0.466 e. The number of unbranched alkanes of at least 4 members (excludes halogenated alkanes) is 10. The third kappa shape index (κ3) is 18.2. The summed E-state index contributed by atoms with van der Waals surface area (Å²) in [6.45, 7) is 2.45. The van der Waals surface area contributed by atoms with E-state index in [-0.39, 0.29) is 19.2 Å². The van der Waals surface area contributed by atoms with E-state index in [1.54, 1.807) is 0 Å². The van der Waals surface area contributed by atoms with E-state index >= 15 is 0 Å². The highest BCUT2D eigenvalue weighted by molar-refractivity contribution is 7.47. The van der Waals surface area contributed by atoms with Gasteiger partial charge in [0.25, 0.3) is 0 Å². The number of rotatable bonds is 18. The van der Waals surface area contributed by atoms with Crippen LogP contribution in [0.25, 0.3) is 0 Å². The van der Waals surface area contributed by atoms with Crippen LogP contribution in [-0.2, 0) is 23.1 Å². The molecule has 25 heavy (non-hydrogen) atoms. The van der Waals surface area contributed by atoms with Crippen molar-refractivity contribution in [2.24, 2.45) is 0 Å². The SMILES string of the molecule is CCCCCCCCCCCCCC(=O)OCCCOP(=O)(O)OC. The van der Waals surface area contributed by atoms with Gasteiger partial charge in [-0.05, 0) is 6.42 Å². The molecule has 7 heteroatoms. The Morgan fingerprint density at radius 3 is 1.88 bits per heavy atom. The predicted octanol–water partition coefficient (Wildman–Crippen LogP) is 5.38. The highest BCUT2D eigenvalue weighted by atomic mass is 31.2. The molecule has 0 radical (unpaired) electrons. The van der Waals surface area contributed by atoms with Crippen LogP contribution in [0.3, 0.4) is 0 Å². The van der Waals surface area contributed by atoms with E-state index in [9.17, 15) is 9.36 Å². The van der Waals surface area contributed by atoms with Crippen LogP contribution in [-0.4, -0.2) is 31.2 Å². The van der Waals surface area contributed by atoms with Gasteiger partial charge in [0.2, 0.25) is 0 Å². The summed E-state index contributed by atoms with van der Waals surface area (Å²) < 4.78 is 25.0. The van der Waals surface area contributed by atoms with Gasteiger partial charge in [-0.3, -0.25) is 13.8 Å². The van der Waals surface area contributed by atoms with Gasteiger partial charge in [-0.1, -0.05) is 71.1 Å². The molecule has 1 N–H and O–H groups in total. The van der Waals surface area contributed by atoms with Gasteiger partial charge in [0.1, 0.15) is 0 Å². The molecule has 0 rings (SSSR count). The standard InChI is InChI=1S/C18H37O6P/c1-3-4-5-6-7-8-9-10-11-12-13-15-18(19)23-16-14-17-24-25(20,21)22-2/h3-17H2,1-2H3,(H,20,21). The van der Waals surface area contributed by atoms with Crippen molar-refractivity contribution < 1.29 is 28.0 Å². The molecule has 0 heterocycles. The van der Waals surface area contributed by atoms with E-state index in [0.717, 1.165) is 20.0 Å². The summed E-state index contributed by atoms with van der Waals surface area (Å²) in [6, 6.07) is 0. The molecule has 0 aliphatic heterocycles.